The number of amides is 2. The summed E-state index contributed by atoms with van der Waals surface area (Å²) in [6, 6.07) is 12.0. The minimum Gasteiger partial charge on any atom is -0.484 e. The molecule has 2 aromatic carbocycles. The van der Waals surface area contributed by atoms with E-state index in [-0.39, 0.29) is 36.9 Å². The Morgan fingerprint density at radius 3 is 2.45 bits per heavy atom. The third kappa shape index (κ3) is 4.96. The lowest BCUT2D eigenvalue weighted by atomic mass is 9.95. The molecular weight excluding hydrogens is 400 g/mol. The largest absolute Gasteiger partial charge is 0.484 e. The van der Waals surface area contributed by atoms with Gasteiger partial charge in [0, 0.05) is 36.3 Å². The molecule has 0 aliphatic carbocycles. The molecule has 162 valence electrons. The van der Waals surface area contributed by atoms with Crippen LogP contribution in [0.25, 0.3) is 0 Å². The van der Waals surface area contributed by atoms with Gasteiger partial charge in [-0.1, -0.05) is 0 Å². The van der Waals surface area contributed by atoms with Crippen molar-refractivity contribution in [2.24, 2.45) is 5.92 Å². The fraction of sp³-hybridized carbons (Fsp3) is 0.348. The molecule has 31 heavy (non-hydrogen) atoms. The molecule has 2 aliphatic rings. The fourth-order valence-electron chi connectivity index (χ4n) is 3.63. The van der Waals surface area contributed by atoms with Crippen molar-refractivity contribution in [3.05, 3.63) is 48.0 Å². The Morgan fingerprint density at radius 1 is 1.03 bits per heavy atom. The van der Waals surface area contributed by atoms with E-state index in [1.165, 1.54) is 6.92 Å². The number of likely N-dealkylation sites (tertiary alicyclic amines) is 1. The number of rotatable bonds is 6. The molecule has 4 rings (SSSR count). The number of benzene rings is 2. The number of Topliss-reactive ketones (excluding diaryl/α,β-unsaturated/α-hetero) is 1. The summed E-state index contributed by atoms with van der Waals surface area (Å²) < 4.78 is 16.2. The summed E-state index contributed by atoms with van der Waals surface area (Å²) in [5.41, 5.74) is 1.26. The van der Waals surface area contributed by atoms with E-state index in [1.54, 1.807) is 47.4 Å². The molecule has 0 aromatic heterocycles. The first-order valence-corrected chi connectivity index (χ1v) is 10.2. The van der Waals surface area contributed by atoms with Crippen molar-refractivity contribution >= 4 is 23.3 Å². The summed E-state index contributed by atoms with van der Waals surface area (Å²) >= 11 is 0. The van der Waals surface area contributed by atoms with Crippen LogP contribution in [0.3, 0.4) is 0 Å². The monoisotopic (exact) mass is 424 g/mol. The predicted octanol–water partition coefficient (Wildman–Crippen LogP) is 2.87. The van der Waals surface area contributed by atoms with E-state index in [9.17, 15) is 14.4 Å². The zero-order valence-corrected chi connectivity index (χ0v) is 17.3. The minimum atomic E-state index is -0.158. The second kappa shape index (κ2) is 9.07. The smallest absolute Gasteiger partial charge is 0.260 e. The molecular formula is C23H24N2O6. The Bertz CT molecular complexity index is 980. The van der Waals surface area contributed by atoms with Gasteiger partial charge in [-0.15, -0.1) is 0 Å². The molecule has 0 radical (unpaired) electrons. The number of piperidine rings is 1. The van der Waals surface area contributed by atoms with E-state index in [1.807, 2.05) is 0 Å². The lowest BCUT2D eigenvalue weighted by molar-refractivity contribution is -0.136. The van der Waals surface area contributed by atoms with E-state index in [2.05, 4.69) is 5.32 Å². The Kier molecular flexibility index (Phi) is 6.06. The molecule has 0 unspecified atom stereocenters. The van der Waals surface area contributed by atoms with Crippen LogP contribution in [0.1, 0.15) is 30.1 Å². The van der Waals surface area contributed by atoms with E-state index in [0.29, 0.717) is 54.4 Å². The lowest BCUT2D eigenvalue weighted by Crippen LogP contribution is -2.43. The predicted molar refractivity (Wildman–Crippen MR) is 112 cm³/mol. The van der Waals surface area contributed by atoms with Crippen molar-refractivity contribution in [2.45, 2.75) is 19.8 Å². The summed E-state index contributed by atoms with van der Waals surface area (Å²) in [7, 11) is 0. The van der Waals surface area contributed by atoms with Crippen LogP contribution in [0.15, 0.2) is 42.5 Å². The van der Waals surface area contributed by atoms with Crippen LogP contribution in [0.5, 0.6) is 17.2 Å². The standard InChI is InChI=1S/C23H24N2O6/c1-15(26)16-2-5-19(6-3-16)29-13-22(27)25-10-8-17(9-11-25)23(28)24-18-4-7-20-21(12-18)31-14-30-20/h2-7,12,17H,8-11,13-14H2,1H3,(H,24,28). The van der Waals surface area contributed by atoms with Gasteiger partial charge in [-0.05, 0) is 56.2 Å². The van der Waals surface area contributed by atoms with Gasteiger partial charge in [-0.3, -0.25) is 14.4 Å². The van der Waals surface area contributed by atoms with Crippen molar-refractivity contribution in [1.82, 2.24) is 4.90 Å². The molecule has 8 heteroatoms. The number of ketones is 1. The third-order valence-corrected chi connectivity index (χ3v) is 5.48. The van der Waals surface area contributed by atoms with Crippen LogP contribution in [0.2, 0.25) is 0 Å². The minimum absolute atomic E-state index is 0.0203. The first-order chi connectivity index (χ1) is 15.0. The van der Waals surface area contributed by atoms with Gasteiger partial charge in [-0.25, -0.2) is 0 Å². The first kappa shape index (κ1) is 20.7. The summed E-state index contributed by atoms with van der Waals surface area (Å²) in [4.78, 5) is 38.1. The van der Waals surface area contributed by atoms with Crippen LogP contribution in [0.4, 0.5) is 5.69 Å². The molecule has 0 saturated carbocycles. The molecule has 1 fully saturated rings. The maximum absolute atomic E-state index is 12.6. The van der Waals surface area contributed by atoms with Crippen molar-refractivity contribution in [3.8, 4) is 17.2 Å². The number of ether oxygens (including phenoxy) is 3. The van der Waals surface area contributed by atoms with Crippen LogP contribution < -0.4 is 19.5 Å². The van der Waals surface area contributed by atoms with Crippen molar-refractivity contribution in [2.75, 3.05) is 31.8 Å². The van der Waals surface area contributed by atoms with Crippen LogP contribution in [-0.2, 0) is 9.59 Å². The second-order valence-electron chi connectivity index (χ2n) is 7.58. The zero-order chi connectivity index (χ0) is 21.8. The summed E-state index contributed by atoms with van der Waals surface area (Å²) in [5, 5.41) is 2.92. The Balaban J connectivity index is 1.22. The first-order valence-electron chi connectivity index (χ1n) is 10.2. The fourth-order valence-corrected chi connectivity index (χ4v) is 3.63. The highest BCUT2D eigenvalue weighted by Gasteiger charge is 2.28. The van der Waals surface area contributed by atoms with E-state index in [4.69, 9.17) is 14.2 Å². The highest BCUT2D eigenvalue weighted by molar-refractivity contribution is 5.94. The molecule has 2 heterocycles. The average molecular weight is 424 g/mol. The van der Waals surface area contributed by atoms with E-state index in [0.717, 1.165) is 0 Å². The molecule has 0 spiro atoms. The average Bonchev–Trinajstić information content (AvgIpc) is 3.25. The molecule has 0 bridgehead atoms. The van der Waals surface area contributed by atoms with Gasteiger partial charge < -0.3 is 24.4 Å². The lowest BCUT2D eigenvalue weighted by Gasteiger charge is -2.31. The zero-order valence-electron chi connectivity index (χ0n) is 17.3. The van der Waals surface area contributed by atoms with Gasteiger partial charge in [0.25, 0.3) is 5.91 Å². The van der Waals surface area contributed by atoms with Crippen LogP contribution in [0, 0.1) is 5.92 Å². The molecule has 2 aromatic rings. The Morgan fingerprint density at radius 2 is 1.74 bits per heavy atom. The van der Waals surface area contributed by atoms with Crippen LogP contribution in [-0.4, -0.2) is 49.0 Å². The van der Waals surface area contributed by atoms with Gasteiger partial charge in [0.15, 0.2) is 23.9 Å². The summed E-state index contributed by atoms with van der Waals surface area (Å²) in [6.07, 6.45) is 1.19. The topological polar surface area (TPSA) is 94.2 Å². The maximum atomic E-state index is 12.6. The third-order valence-electron chi connectivity index (χ3n) is 5.48. The summed E-state index contributed by atoms with van der Waals surface area (Å²) in [6.45, 7) is 2.62. The SMILES string of the molecule is CC(=O)c1ccc(OCC(=O)N2CCC(C(=O)Nc3ccc4c(c3)OCO4)CC2)cc1. The van der Waals surface area contributed by atoms with Crippen LogP contribution >= 0.6 is 0 Å². The molecule has 8 nitrogen and oxygen atoms in total. The van der Waals surface area contributed by atoms with Gasteiger partial charge in [-0.2, -0.15) is 0 Å². The highest BCUT2D eigenvalue weighted by atomic mass is 16.7. The van der Waals surface area contributed by atoms with E-state index >= 15 is 0 Å². The van der Waals surface area contributed by atoms with Crippen molar-refractivity contribution < 1.29 is 28.6 Å². The van der Waals surface area contributed by atoms with Gasteiger partial charge in [0.2, 0.25) is 12.7 Å². The van der Waals surface area contributed by atoms with Crippen molar-refractivity contribution in [1.29, 1.82) is 0 Å². The second-order valence-corrected chi connectivity index (χ2v) is 7.58. The quantitative estimate of drug-likeness (QED) is 0.717. The summed E-state index contributed by atoms with van der Waals surface area (Å²) in [5.74, 6) is 1.47. The van der Waals surface area contributed by atoms with Gasteiger partial charge >= 0.3 is 0 Å². The number of nitrogens with zero attached hydrogens (tertiary/aromatic N) is 1. The van der Waals surface area contributed by atoms with Gasteiger partial charge in [0.1, 0.15) is 5.75 Å². The number of carbonyl (C=O) groups excluding carboxylic acids is 3. The highest BCUT2D eigenvalue weighted by Crippen LogP contribution is 2.34. The van der Waals surface area contributed by atoms with E-state index < -0.39 is 0 Å². The number of nitrogens with one attached hydrogen (secondary N) is 1. The number of anilines is 1. The number of hydrogen-bond acceptors (Lipinski definition) is 6. The maximum Gasteiger partial charge on any atom is 0.260 e. The Labute approximate surface area is 180 Å². The van der Waals surface area contributed by atoms with Crippen molar-refractivity contribution in [3.63, 3.8) is 0 Å². The van der Waals surface area contributed by atoms with Gasteiger partial charge in [0.05, 0.1) is 0 Å². The number of carbonyl (C=O) groups is 3. The molecule has 2 aliphatic heterocycles. The molecule has 2 amide bonds. The number of fused-ring (bicyclic) bond motifs is 1. The molecule has 1 saturated heterocycles. The Hall–Kier alpha value is -3.55. The molecule has 0 atom stereocenters. The molecule has 1 N–H and O–H groups in total. The normalized spacial score (nSPS) is 15.5. The number of hydrogen-bond donors (Lipinski definition) is 1.